The normalized spacial score (nSPS) is 12.9. The Hall–Kier alpha value is -3.75. The van der Waals surface area contributed by atoms with E-state index < -0.39 is 50.1 Å². The Morgan fingerprint density at radius 2 is 1.65 bits per heavy atom. The lowest BCUT2D eigenvalue weighted by Crippen LogP contribution is -2.29. The summed E-state index contributed by atoms with van der Waals surface area (Å²) in [7, 11) is -5.96. The van der Waals surface area contributed by atoms with E-state index in [1.165, 1.54) is 31.7 Å². The molecule has 1 aromatic carbocycles. The standard InChI is InChI=1S/C19H14F5N5O4S/c1-10(14-15(26-6-5-25-14)16-27-3-2-4-28-16)29-17(30)11-7-12(33-18(20)21)9-13(8-11)34(31,32)19(22,23)24/h2-10,18H,1H3,(H,29,30). The fourth-order valence-corrected chi connectivity index (χ4v) is 3.59. The summed E-state index contributed by atoms with van der Waals surface area (Å²) >= 11 is 0. The second kappa shape index (κ2) is 9.62. The first-order valence-corrected chi connectivity index (χ1v) is 10.7. The Morgan fingerprint density at radius 1 is 1.00 bits per heavy atom. The van der Waals surface area contributed by atoms with Crippen molar-refractivity contribution >= 4 is 15.7 Å². The lowest BCUT2D eigenvalue weighted by Gasteiger charge is -2.17. The molecule has 1 unspecified atom stereocenters. The molecule has 180 valence electrons. The fourth-order valence-electron chi connectivity index (χ4n) is 2.77. The number of nitrogens with one attached hydrogen (secondary N) is 1. The second-order valence-electron chi connectivity index (χ2n) is 6.58. The number of nitrogens with zero attached hydrogens (tertiary/aromatic N) is 4. The van der Waals surface area contributed by atoms with E-state index in [0.717, 1.165) is 0 Å². The van der Waals surface area contributed by atoms with Gasteiger partial charge in [-0.25, -0.2) is 23.4 Å². The molecule has 1 atom stereocenters. The SMILES string of the molecule is CC(NC(=O)c1cc(OC(F)F)cc(S(=O)(=O)C(F)(F)F)c1)c1nccnc1-c1ncccn1. The highest BCUT2D eigenvalue weighted by Gasteiger charge is 2.47. The summed E-state index contributed by atoms with van der Waals surface area (Å²) in [4.78, 5) is 27.6. The van der Waals surface area contributed by atoms with Crippen molar-refractivity contribution in [1.82, 2.24) is 25.3 Å². The number of rotatable bonds is 7. The summed E-state index contributed by atoms with van der Waals surface area (Å²) in [6.07, 6.45) is 5.56. The molecule has 9 nitrogen and oxygen atoms in total. The molecular weight excluding hydrogens is 489 g/mol. The van der Waals surface area contributed by atoms with E-state index in [2.05, 4.69) is 30.0 Å². The molecule has 0 bridgehead atoms. The third kappa shape index (κ3) is 5.41. The number of hydrogen-bond acceptors (Lipinski definition) is 8. The van der Waals surface area contributed by atoms with Crippen LogP contribution in [-0.2, 0) is 9.84 Å². The van der Waals surface area contributed by atoms with Crippen LogP contribution in [-0.4, -0.2) is 46.4 Å². The summed E-state index contributed by atoms with van der Waals surface area (Å²) < 4.78 is 91.8. The first-order valence-electron chi connectivity index (χ1n) is 9.20. The largest absolute Gasteiger partial charge is 0.501 e. The van der Waals surface area contributed by atoms with Gasteiger partial charge in [0.05, 0.1) is 16.6 Å². The van der Waals surface area contributed by atoms with Gasteiger partial charge in [0.25, 0.3) is 15.7 Å². The number of aromatic nitrogens is 4. The second-order valence-corrected chi connectivity index (χ2v) is 8.52. The minimum atomic E-state index is -5.96. The van der Waals surface area contributed by atoms with E-state index in [4.69, 9.17) is 0 Å². The number of carbonyl (C=O) groups is 1. The molecule has 3 rings (SSSR count). The predicted octanol–water partition coefficient (Wildman–Crippen LogP) is 3.32. The fraction of sp³-hybridized carbons (Fsp3) is 0.211. The number of halogens is 5. The molecule has 2 heterocycles. The number of hydrogen-bond donors (Lipinski definition) is 1. The Kier molecular flexibility index (Phi) is 7.04. The van der Waals surface area contributed by atoms with E-state index in [-0.39, 0.29) is 23.3 Å². The van der Waals surface area contributed by atoms with Crippen LogP contribution in [0.2, 0.25) is 0 Å². The van der Waals surface area contributed by atoms with Gasteiger partial charge in [-0.05, 0) is 31.2 Å². The van der Waals surface area contributed by atoms with E-state index in [0.29, 0.717) is 12.1 Å². The van der Waals surface area contributed by atoms with Gasteiger partial charge in [-0.1, -0.05) is 0 Å². The zero-order valence-corrected chi connectivity index (χ0v) is 17.8. The van der Waals surface area contributed by atoms with Crippen LogP contribution in [0.25, 0.3) is 11.5 Å². The molecule has 3 aromatic rings. The van der Waals surface area contributed by atoms with Crippen molar-refractivity contribution in [3.8, 4) is 17.3 Å². The molecule has 0 radical (unpaired) electrons. The Morgan fingerprint density at radius 3 is 2.26 bits per heavy atom. The molecule has 15 heteroatoms. The van der Waals surface area contributed by atoms with Gasteiger partial charge in [-0.3, -0.25) is 9.78 Å². The minimum absolute atomic E-state index is 0.178. The van der Waals surface area contributed by atoms with Crippen molar-refractivity contribution in [2.75, 3.05) is 0 Å². The molecule has 2 aromatic heterocycles. The van der Waals surface area contributed by atoms with Crippen molar-refractivity contribution < 1.29 is 39.9 Å². The third-order valence-electron chi connectivity index (χ3n) is 4.24. The van der Waals surface area contributed by atoms with Crippen molar-refractivity contribution in [3.05, 3.63) is 60.3 Å². The van der Waals surface area contributed by atoms with Gasteiger partial charge in [-0.15, -0.1) is 0 Å². The van der Waals surface area contributed by atoms with Gasteiger partial charge < -0.3 is 10.1 Å². The monoisotopic (exact) mass is 503 g/mol. The predicted molar refractivity (Wildman–Crippen MR) is 105 cm³/mol. The molecule has 0 spiro atoms. The zero-order valence-electron chi connectivity index (χ0n) is 17.0. The van der Waals surface area contributed by atoms with Crippen LogP contribution < -0.4 is 10.1 Å². The number of benzene rings is 1. The van der Waals surface area contributed by atoms with E-state index in [1.54, 1.807) is 6.07 Å². The lowest BCUT2D eigenvalue weighted by molar-refractivity contribution is -0.0501. The van der Waals surface area contributed by atoms with Gasteiger partial charge in [0.2, 0.25) is 0 Å². The molecule has 0 aliphatic heterocycles. The van der Waals surface area contributed by atoms with Crippen LogP contribution >= 0.6 is 0 Å². The van der Waals surface area contributed by atoms with Crippen molar-refractivity contribution in [1.29, 1.82) is 0 Å². The summed E-state index contributed by atoms with van der Waals surface area (Å²) in [5.74, 6) is -1.86. The zero-order chi connectivity index (χ0) is 25.1. The first-order chi connectivity index (χ1) is 15.9. The van der Waals surface area contributed by atoms with Crippen molar-refractivity contribution in [2.45, 2.75) is 30.0 Å². The van der Waals surface area contributed by atoms with Crippen molar-refractivity contribution in [2.24, 2.45) is 0 Å². The lowest BCUT2D eigenvalue weighted by atomic mass is 10.1. The molecule has 34 heavy (non-hydrogen) atoms. The van der Waals surface area contributed by atoms with Crippen LogP contribution in [0.5, 0.6) is 5.75 Å². The Bertz CT molecular complexity index is 1290. The molecule has 1 amide bonds. The van der Waals surface area contributed by atoms with Crippen molar-refractivity contribution in [3.63, 3.8) is 0 Å². The smallest absolute Gasteiger partial charge is 0.435 e. The minimum Gasteiger partial charge on any atom is -0.435 e. The van der Waals surface area contributed by atoms with Crippen LogP contribution in [0.3, 0.4) is 0 Å². The highest BCUT2D eigenvalue weighted by Crippen LogP contribution is 2.33. The molecule has 1 N–H and O–H groups in total. The van der Waals surface area contributed by atoms with Gasteiger partial charge in [-0.2, -0.15) is 22.0 Å². The Balaban J connectivity index is 1.97. The summed E-state index contributed by atoms with van der Waals surface area (Å²) in [6.45, 7) is -2.02. The third-order valence-corrected chi connectivity index (χ3v) is 5.71. The molecule has 0 fully saturated rings. The first kappa shape index (κ1) is 24.9. The molecule has 0 saturated heterocycles. The number of carbonyl (C=O) groups excluding carboxylic acids is 1. The average Bonchev–Trinajstić information content (AvgIpc) is 2.78. The van der Waals surface area contributed by atoms with Crippen LogP contribution in [0.15, 0.2) is 53.9 Å². The number of sulfone groups is 1. The maximum Gasteiger partial charge on any atom is 0.501 e. The molecule has 0 saturated carbocycles. The molecular formula is C19H14F5N5O4S. The van der Waals surface area contributed by atoms with E-state index in [9.17, 15) is 35.2 Å². The highest BCUT2D eigenvalue weighted by molar-refractivity contribution is 7.92. The maximum absolute atomic E-state index is 13.0. The summed E-state index contributed by atoms with van der Waals surface area (Å²) in [6, 6.07) is 1.97. The molecule has 0 aliphatic rings. The highest BCUT2D eigenvalue weighted by atomic mass is 32.2. The topological polar surface area (TPSA) is 124 Å². The van der Waals surface area contributed by atoms with E-state index >= 15 is 0 Å². The number of alkyl halides is 5. The van der Waals surface area contributed by atoms with Crippen LogP contribution in [0.4, 0.5) is 22.0 Å². The summed E-state index contributed by atoms with van der Waals surface area (Å²) in [5, 5.41) is 2.40. The number of amides is 1. The van der Waals surface area contributed by atoms with Crippen LogP contribution in [0.1, 0.15) is 29.0 Å². The quantitative estimate of drug-likeness (QED) is 0.487. The Labute approximate surface area is 189 Å². The summed E-state index contributed by atoms with van der Waals surface area (Å²) in [5.41, 5.74) is -6.02. The van der Waals surface area contributed by atoms with Gasteiger partial charge >= 0.3 is 12.1 Å². The van der Waals surface area contributed by atoms with Crippen LogP contribution in [0, 0.1) is 0 Å². The maximum atomic E-state index is 13.0. The average molecular weight is 503 g/mol. The van der Waals surface area contributed by atoms with Gasteiger partial charge in [0, 0.05) is 30.4 Å². The van der Waals surface area contributed by atoms with Gasteiger partial charge in [0.15, 0.2) is 5.82 Å². The van der Waals surface area contributed by atoms with Gasteiger partial charge in [0.1, 0.15) is 11.4 Å². The number of ether oxygens (including phenoxy) is 1. The van der Waals surface area contributed by atoms with E-state index in [1.807, 2.05) is 0 Å². The molecule has 0 aliphatic carbocycles.